The van der Waals surface area contributed by atoms with Crippen molar-refractivity contribution in [1.82, 2.24) is 10.2 Å². The van der Waals surface area contributed by atoms with Crippen LogP contribution in [0.5, 0.6) is 11.6 Å². The maximum Gasteiger partial charge on any atom is 0.244 e. The van der Waals surface area contributed by atoms with Crippen LogP contribution in [0.1, 0.15) is 68.2 Å². The van der Waals surface area contributed by atoms with Crippen LogP contribution in [0.25, 0.3) is 0 Å². The van der Waals surface area contributed by atoms with Gasteiger partial charge in [-0.2, -0.15) is 5.26 Å². The van der Waals surface area contributed by atoms with Gasteiger partial charge < -0.3 is 15.2 Å². The summed E-state index contributed by atoms with van der Waals surface area (Å²) in [6.45, 7) is 4.16. The van der Waals surface area contributed by atoms with E-state index in [2.05, 4.69) is 30.1 Å². The number of allylic oxidation sites excluding steroid dienone is 1. The zero-order valence-electron chi connectivity index (χ0n) is 15.7. The molecule has 1 atom stereocenters. The van der Waals surface area contributed by atoms with Crippen molar-refractivity contribution in [1.29, 1.82) is 5.26 Å². The van der Waals surface area contributed by atoms with Gasteiger partial charge in [0.1, 0.15) is 17.4 Å². The molecule has 140 valence electrons. The molecule has 1 saturated carbocycles. The molecular weight excluding hydrogens is 340 g/mol. The fraction of sp³-hybridized carbons (Fsp3) is 0.429. The molecular formula is C21H24N4O2. The Bertz CT molecular complexity index is 899. The molecule has 3 N–H and O–H groups in total. The molecule has 0 spiro atoms. The smallest absolute Gasteiger partial charge is 0.244 e. The minimum absolute atomic E-state index is 0.114. The van der Waals surface area contributed by atoms with Crippen LogP contribution in [0, 0.1) is 11.3 Å². The lowest BCUT2D eigenvalue weighted by atomic mass is 9.82. The Hall–Kier alpha value is -2.94. The topological polar surface area (TPSA) is 97.0 Å². The molecule has 1 aliphatic heterocycles. The lowest BCUT2D eigenvalue weighted by Gasteiger charge is -2.25. The maximum atomic E-state index is 9.71. The van der Waals surface area contributed by atoms with E-state index in [9.17, 15) is 5.26 Å². The number of hydrogen-bond donors (Lipinski definition) is 2. The average Bonchev–Trinajstić information content (AvgIpc) is 3.31. The standard InChI is InChI=1S/C21H24N4O2/c1-12(2)19-18-17(16(11-22)20(23)27-21(18)25-24-19)13-7-9-15(10-8-13)26-14-5-3-4-6-14/h7-10,12,14,17H,3-6,23H2,1-2H3,(H,24,25)/t17-/m0/s1. The normalized spacial score (nSPS) is 19.7. The van der Waals surface area contributed by atoms with E-state index in [1.165, 1.54) is 12.8 Å². The summed E-state index contributed by atoms with van der Waals surface area (Å²) in [4.78, 5) is 0. The number of aromatic nitrogens is 2. The van der Waals surface area contributed by atoms with Gasteiger partial charge in [0.15, 0.2) is 0 Å². The second-order valence-electron chi connectivity index (χ2n) is 7.53. The molecule has 1 aliphatic carbocycles. The van der Waals surface area contributed by atoms with E-state index in [-0.39, 0.29) is 17.7 Å². The van der Waals surface area contributed by atoms with E-state index >= 15 is 0 Å². The Balaban J connectivity index is 1.71. The molecule has 2 heterocycles. The molecule has 0 bridgehead atoms. The van der Waals surface area contributed by atoms with Crippen molar-refractivity contribution in [2.24, 2.45) is 5.73 Å². The molecule has 1 aromatic carbocycles. The largest absolute Gasteiger partial charge is 0.490 e. The van der Waals surface area contributed by atoms with Crippen molar-refractivity contribution in [2.45, 2.75) is 57.5 Å². The number of ether oxygens (including phenoxy) is 2. The van der Waals surface area contributed by atoms with E-state index in [1.807, 2.05) is 24.3 Å². The molecule has 6 nitrogen and oxygen atoms in total. The van der Waals surface area contributed by atoms with Gasteiger partial charge >= 0.3 is 0 Å². The molecule has 2 aromatic rings. The lowest BCUT2D eigenvalue weighted by Crippen LogP contribution is -2.21. The molecule has 0 saturated heterocycles. The highest BCUT2D eigenvalue weighted by atomic mass is 16.5. The minimum Gasteiger partial charge on any atom is -0.490 e. The van der Waals surface area contributed by atoms with Gasteiger partial charge in [-0.25, -0.2) is 0 Å². The summed E-state index contributed by atoms with van der Waals surface area (Å²) < 4.78 is 11.7. The number of aromatic amines is 1. The summed E-state index contributed by atoms with van der Waals surface area (Å²) in [7, 11) is 0. The first-order chi connectivity index (χ1) is 13.1. The summed E-state index contributed by atoms with van der Waals surface area (Å²) in [6, 6.07) is 10.2. The number of rotatable bonds is 4. The Morgan fingerprint density at radius 3 is 2.59 bits per heavy atom. The Morgan fingerprint density at radius 2 is 1.96 bits per heavy atom. The monoisotopic (exact) mass is 364 g/mol. The average molecular weight is 364 g/mol. The van der Waals surface area contributed by atoms with E-state index in [0.29, 0.717) is 17.6 Å². The molecule has 1 fully saturated rings. The van der Waals surface area contributed by atoms with Crippen LogP contribution < -0.4 is 15.2 Å². The van der Waals surface area contributed by atoms with Gasteiger partial charge in [0, 0.05) is 5.69 Å². The summed E-state index contributed by atoms with van der Waals surface area (Å²) in [5.74, 6) is 1.35. The number of fused-ring (bicyclic) bond motifs is 1. The van der Waals surface area contributed by atoms with E-state index < -0.39 is 0 Å². The van der Waals surface area contributed by atoms with Crippen LogP contribution in [0.3, 0.4) is 0 Å². The number of nitriles is 1. The van der Waals surface area contributed by atoms with Crippen molar-refractivity contribution >= 4 is 0 Å². The fourth-order valence-corrected chi connectivity index (χ4v) is 3.98. The Labute approximate surface area is 159 Å². The van der Waals surface area contributed by atoms with E-state index in [0.717, 1.165) is 35.4 Å². The molecule has 0 radical (unpaired) electrons. The number of nitrogens with zero attached hydrogens (tertiary/aromatic N) is 2. The maximum absolute atomic E-state index is 9.71. The fourth-order valence-electron chi connectivity index (χ4n) is 3.98. The number of nitrogens with one attached hydrogen (secondary N) is 1. The zero-order chi connectivity index (χ0) is 19.0. The predicted octanol–water partition coefficient (Wildman–Crippen LogP) is 4.07. The molecule has 27 heavy (non-hydrogen) atoms. The quantitative estimate of drug-likeness (QED) is 0.852. The molecule has 0 amide bonds. The van der Waals surface area contributed by atoms with Crippen molar-refractivity contribution in [3.8, 4) is 17.7 Å². The second kappa shape index (κ2) is 6.99. The molecule has 1 aromatic heterocycles. The van der Waals surface area contributed by atoms with Crippen molar-refractivity contribution in [2.75, 3.05) is 0 Å². The molecule has 4 rings (SSSR count). The van der Waals surface area contributed by atoms with Gasteiger partial charge in [-0.15, -0.1) is 5.10 Å². The van der Waals surface area contributed by atoms with Crippen molar-refractivity contribution in [3.63, 3.8) is 0 Å². The van der Waals surface area contributed by atoms with Crippen molar-refractivity contribution < 1.29 is 9.47 Å². The predicted molar refractivity (Wildman–Crippen MR) is 101 cm³/mol. The van der Waals surface area contributed by atoms with Gasteiger partial charge in [-0.05, 0) is 49.3 Å². The Morgan fingerprint density at radius 1 is 1.26 bits per heavy atom. The van der Waals surface area contributed by atoms with Crippen LogP contribution >= 0.6 is 0 Å². The van der Waals surface area contributed by atoms with Crippen LogP contribution in [0.2, 0.25) is 0 Å². The summed E-state index contributed by atoms with van der Waals surface area (Å²) in [5, 5.41) is 17.0. The van der Waals surface area contributed by atoms with Crippen LogP contribution in [-0.2, 0) is 0 Å². The number of nitrogens with two attached hydrogens (primary N) is 1. The molecule has 6 heteroatoms. The second-order valence-corrected chi connectivity index (χ2v) is 7.53. The van der Waals surface area contributed by atoms with Gasteiger partial charge in [-0.3, -0.25) is 5.10 Å². The Kier molecular flexibility index (Phi) is 4.53. The first kappa shape index (κ1) is 17.5. The van der Waals surface area contributed by atoms with Gasteiger partial charge in [0.05, 0.1) is 17.6 Å². The van der Waals surface area contributed by atoms with Crippen LogP contribution in [0.4, 0.5) is 0 Å². The van der Waals surface area contributed by atoms with Crippen molar-refractivity contribution in [3.05, 3.63) is 52.5 Å². The van der Waals surface area contributed by atoms with Crippen LogP contribution in [-0.4, -0.2) is 16.3 Å². The summed E-state index contributed by atoms with van der Waals surface area (Å²) in [6.07, 6.45) is 5.03. The lowest BCUT2D eigenvalue weighted by molar-refractivity contribution is 0.210. The zero-order valence-corrected chi connectivity index (χ0v) is 15.7. The highest BCUT2D eigenvalue weighted by molar-refractivity contribution is 5.56. The SMILES string of the molecule is CC(C)c1[nH]nc2c1[C@@H](c1ccc(OC3CCCC3)cc1)C(C#N)=C(N)O2. The molecule has 0 unspecified atom stereocenters. The molecule has 2 aliphatic rings. The highest BCUT2D eigenvalue weighted by Gasteiger charge is 2.35. The number of hydrogen-bond acceptors (Lipinski definition) is 5. The van der Waals surface area contributed by atoms with E-state index in [1.54, 1.807) is 0 Å². The minimum atomic E-state index is -0.296. The van der Waals surface area contributed by atoms with Gasteiger partial charge in [-0.1, -0.05) is 26.0 Å². The summed E-state index contributed by atoms with van der Waals surface area (Å²) in [5.41, 5.74) is 9.25. The third-order valence-electron chi connectivity index (χ3n) is 5.36. The van der Waals surface area contributed by atoms with Gasteiger partial charge in [0.2, 0.25) is 11.8 Å². The first-order valence-electron chi connectivity index (χ1n) is 9.50. The van der Waals surface area contributed by atoms with Gasteiger partial charge in [0.25, 0.3) is 0 Å². The summed E-state index contributed by atoms with van der Waals surface area (Å²) >= 11 is 0. The van der Waals surface area contributed by atoms with E-state index in [4.69, 9.17) is 15.2 Å². The highest BCUT2D eigenvalue weighted by Crippen LogP contribution is 2.44. The number of benzene rings is 1. The van der Waals surface area contributed by atoms with Crippen LogP contribution in [0.15, 0.2) is 35.7 Å². The third-order valence-corrected chi connectivity index (χ3v) is 5.36. The number of H-pyrrole nitrogens is 1. The third kappa shape index (κ3) is 3.14. The first-order valence-corrected chi connectivity index (χ1v) is 9.50.